The lowest BCUT2D eigenvalue weighted by molar-refractivity contribution is 0.628. The Bertz CT molecular complexity index is 628. The van der Waals surface area contributed by atoms with Crippen molar-refractivity contribution in [2.75, 3.05) is 0 Å². The van der Waals surface area contributed by atoms with Crippen molar-refractivity contribution >= 4 is 0 Å². The van der Waals surface area contributed by atoms with Crippen molar-refractivity contribution in [3.8, 4) is 11.1 Å². The average Bonchev–Trinajstić information content (AvgIpc) is 2.68. The molecule has 0 heterocycles. The van der Waals surface area contributed by atoms with Crippen LogP contribution in [0.4, 0.5) is 0 Å². The summed E-state index contributed by atoms with van der Waals surface area (Å²) in [5.74, 6) is 1.13. The Morgan fingerprint density at radius 2 is 1.05 bits per heavy atom. The van der Waals surface area contributed by atoms with Crippen LogP contribution in [0.1, 0.15) is 75.6 Å². The van der Waals surface area contributed by atoms with Crippen molar-refractivity contribution in [2.24, 2.45) is 0 Å². The van der Waals surface area contributed by atoms with E-state index in [-0.39, 0.29) is 5.41 Å². The second-order valence-corrected chi connectivity index (χ2v) is 7.47. The Kier molecular flexibility index (Phi) is 3.24. The lowest BCUT2D eigenvalue weighted by Gasteiger charge is -2.28. The van der Waals surface area contributed by atoms with Gasteiger partial charge < -0.3 is 0 Å². The Morgan fingerprint density at radius 3 is 1.38 bits per heavy atom. The fourth-order valence-corrected chi connectivity index (χ4v) is 4.07. The van der Waals surface area contributed by atoms with E-state index in [4.69, 9.17) is 0 Å². The molecular weight excluding hydrogens is 252 g/mol. The highest BCUT2D eigenvalue weighted by Crippen LogP contribution is 2.53. The van der Waals surface area contributed by atoms with E-state index in [0.29, 0.717) is 11.8 Å². The summed E-state index contributed by atoms with van der Waals surface area (Å²) in [5.41, 5.74) is 9.09. The highest BCUT2D eigenvalue weighted by Gasteiger charge is 2.39. The number of benzene rings is 2. The highest BCUT2D eigenvalue weighted by molar-refractivity contribution is 5.83. The lowest BCUT2D eigenvalue weighted by atomic mass is 9.75. The second-order valence-electron chi connectivity index (χ2n) is 7.47. The largest absolute Gasteiger partial charge is 0.0613 e. The summed E-state index contributed by atoms with van der Waals surface area (Å²) in [7, 11) is 0. The highest BCUT2D eigenvalue weighted by atomic mass is 14.4. The predicted molar refractivity (Wildman–Crippen MR) is 92.2 cm³/mol. The molecule has 2 aromatic carbocycles. The third-order valence-electron chi connectivity index (χ3n) is 4.98. The van der Waals surface area contributed by atoms with Crippen LogP contribution < -0.4 is 0 Å². The first-order valence-electron chi connectivity index (χ1n) is 8.12. The summed E-state index contributed by atoms with van der Waals surface area (Å²) >= 11 is 0. The first kappa shape index (κ1) is 14.4. The van der Waals surface area contributed by atoms with E-state index in [1.54, 1.807) is 11.1 Å². The summed E-state index contributed by atoms with van der Waals surface area (Å²) in [6.45, 7) is 14.0. The van der Waals surface area contributed by atoms with Crippen molar-refractivity contribution in [3.63, 3.8) is 0 Å². The number of hydrogen-bond acceptors (Lipinski definition) is 0. The molecule has 2 aromatic rings. The van der Waals surface area contributed by atoms with E-state index in [0.717, 1.165) is 0 Å². The van der Waals surface area contributed by atoms with E-state index in [1.165, 1.54) is 22.3 Å². The molecule has 0 unspecified atom stereocenters. The van der Waals surface area contributed by atoms with Gasteiger partial charge in [-0.05, 0) is 45.2 Å². The summed E-state index contributed by atoms with van der Waals surface area (Å²) < 4.78 is 0. The second kappa shape index (κ2) is 4.73. The van der Waals surface area contributed by atoms with Crippen LogP contribution in [0.2, 0.25) is 0 Å². The van der Waals surface area contributed by atoms with Gasteiger partial charge >= 0.3 is 0 Å². The van der Waals surface area contributed by atoms with Gasteiger partial charge in [0.2, 0.25) is 0 Å². The van der Waals surface area contributed by atoms with Gasteiger partial charge in [0.05, 0.1) is 0 Å². The summed E-state index contributed by atoms with van der Waals surface area (Å²) in [6.07, 6.45) is 0. The minimum absolute atomic E-state index is 0.104. The van der Waals surface area contributed by atoms with Crippen LogP contribution in [0.5, 0.6) is 0 Å². The van der Waals surface area contributed by atoms with Crippen LogP contribution in [0.15, 0.2) is 36.4 Å². The maximum absolute atomic E-state index is 2.40. The van der Waals surface area contributed by atoms with Crippen LogP contribution in [-0.4, -0.2) is 0 Å². The SMILES string of the molecule is CC(C)c1cccc2c1C(C)(C)c1c-2cccc1C(C)C. The quantitative estimate of drug-likeness (QED) is 0.610. The molecule has 0 N–H and O–H groups in total. The normalized spacial score (nSPS) is 15.4. The fourth-order valence-electron chi connectivity index (χ4n) is 4.07. The van der Waals surface area contributed by atoms with Crippen LogP contribution in [0, 0.1) is 0 Å². The van der Waals surface area contributed by atoms with Gasteiger partial charge in [0.15, 0.2) is 0 Å². The van der Waals surface area contributed by atoms with E-state index in [2.05, 4.69) is 77.9 Å². The molecule has 0 saturated heterocycles. The van der Waals surface area contributed by atoms with Crippen molar-refractivity contribution in [2.45, 2.75) is 58.8 Å². The zero-order valence-corrected chi connectivity index (χ0v) is 14.1. The Morgan fingerprint density at radius 1 is 0.667 bits per heavy atom. The topological polar surface area (TPSA) is 0 Å². The van der Waals surface area contributed by atoms with Gasteiger partial charge in [0.25, 0.3) is 0 Å². The molecule has 0 aliphatic heterocycles. The first-order chi connectivity index (χ1) is 9.85. The van der Waals surface area contributed by atoms with Crippen LogP contribution in [-0.2, 0) is 5.41 Å². The smallest absolute Gasteiger partial charge is 0.0164 e. The van der Waals surface area contributed by atoms with Gasteiger partial charge in [-0.25, -0.2) is 0 Å². The molecule has 0 aromatic heterocycles. The fraction of sp³-hybridized carbons (Fsp3) is 0.429. The van der Waals surface area contributed by atoms with E-state index < -0.39 is 0 Å². The predicted octanol–water partition coefficient (Wildman–Crippen LogP) is 6.24. The molecule has 0 heteroatoms. The van der Waals surface area contributed by atoms with Crippen LogP contribution in [0.3, 0.4) is 0 Å². The molecule has 0 atom stereocenters. The van der Waals surface area contributed by atoms with Gasteiger partial charge in [0, 0.05) is 5.41 Å². The zero-order valence-electron chi connectivity index (χ0n) is 14.1. The van der Waals surface area contributed by atoms with Crippen LogP contribution in [0.25, 0.3) is 11.1 Å². The van der Waals surface area contributed by atoms with Crippen LogP contribution >= 0.6 is 0 Å². The summed E-state index contributed by atoms with van der Waals surface area (Å²) in [5, 5.41) is 0. The Hall–Kier alpha value is -1.56. The molecule has 0 nitrogen and oxygen atoms in total. The molecule has 0 amide bonds. The van der Waals surface area contributed by atoms with Crippen molar-refractivity contribution in [1.82, 2.24) is 0 Å². The van der Waals surface area contributed by atoms with Gasteiger partial charge in [-0.15, -0.1) is 0 Å². The Labute approximate surface area is 129 Å². The molecule has 1 aliphatic carbocycles. The molecule has 0 fully saturated rings. The monoisotopic (exact) mass is 278 g/mol. The van der Waals surface area contributed by atoms with Crippen molar-refractivity contribution < 1.29 is 0 Å². The van der Waals surface area contributed by atoms with Gasteiger partial charge in [-0.2, -0.15) is 0 Å². The van der Waals surface area contributed by atoms with E-state index in [9.17, 15) is 0 Å². The molecule has 21 heavy (non-hydrogen) atoms. The zero-order chi connectivity index (χ0) is 15.4. The maximum Gasteiger partial charge on any atom is 0.0164 e. The van der Waals surface area contributed by atoms with Gasteiger partial charge in [0.1, 0.15) is 0 Å². The van der Waals surface area contributed by atoms with E-state index in [1.807, 2.05) is 0 Å². The standard InChI is InChI=1S/C21H26/c1-13(2)15-9-7-11-17-18-12-8-10-16(14(3)4)20(18)21(5,6)19(15)17/h7-14H,1-6H3. The molecule has 0 bridgehead atoms. The molecular formula is C21H26. The third kappa shape index (κ3) is 1.96. The van der Waals surface area contributed by atoms with Gasteiger partial charge in [-0.3, -0.25) is 0 Å². The summed E-state index contributed by atoms with van der Waals surface area (Å²) in [4.78, 5) is 0. The maximum atomic E-state index is 2.40. The number of rotatable bonds is 2. The van der Waals surface area contributed by atoms with Gasteiger partial charge in [-0.1, -0.05) is 77.9 Å². The lowest BCUT2D eigenvalue weighted by Crippen LogP contribution is -2.20. The Balaban J connectivity index is 2.38. The van der Waals surface area contributed by atoms with Crippen molar-refractivity contribution in [1.29, 1.82) is 0 Å². The molecule has 3 rings (SSSR count). The number of fused-ring (bicyclic) bond motifs is 3. The average molecular weight is 278 g/mol. The van der Waals surface area contributed by atoms with Crippen molar-refractivity contribution in [3.05, 3.63) is 58.7 Å². The molecule has 1 aliphatic rings. The number of hydrogen-bond donors (Lipinski definition) is 0. The molecule has 0 radical (unpaired) electrons. The summed E-state index contributed by atoms with van der Waals surface area (Å²) in [6, 6.07) is 13.7. The molecule has 0 spiro atoms. The molecule has 0 saturated carbocycles. The minimum atomic E-state index is 0.104. The van der Waals surface area contributed by atoms with E-state index >= 15 is 0 Å². The molecule has 110 valence electrons. The third-order valence-corrected chi connectivity index (χ3v) is 4.98. The minimum Gasteiger partial charge on any atom is -0.0613 e. The first-order valence-corrected chi connectivity index (χ1v) is 8.12.